The number of anilines is 1. The maximum absolute atomic E-state index is 16.5. The van der Waals surface area contributed by atoms with Gasteiger partial charge in [0.25, 0.3) is 0 Å². The van der Waals surface area contributed by atoms with E-state index in [1.165, 1.54) is 6.08 Å². The summed E-state index contributed by atoms with van der Waals surface area (Å²) in [4.78, 5) is 36.7. The summed E-state index contributed by atoms with van der Waals surface area (Å²) in [6.07, 6.45) is 12.7. The van der Waals surface area contributed by atoms with Crippen LogP contribution in [0.15, 0.2) is 31.2 Å². The van der Waals surface area contributed by atoms with Gasteiger partial charge in [-0.1, -0.05) is 6.58 Å². The molecule has 3 aliphatic rings. The summed E-state index contributed by atoms with van der Waals surface area (Å²) in [5, 5.41) is 9.93. The monoisotopic (exact) mass is 570 g/mol. The minimum Gasteiger partial charge on any atom is -0.462 e. The molecule has 2 aliphatic heterocycles. The van der Waals surface area contributed by atoms with Crippen LogP contribution in [-0.4, -0.2) is 87.6 Å². The molecule has 6 rings (SSSR count). The predicted molar refractivity (Wildman–Crippen MR) is 156 cm³/mol. The Balaban J connectivity index is 1.42. The first-order chi connectivity index (χ1) is 20.5. The zero-order valence-electron chi connectivity index (χ0n) is 23.9. The van der Waals surface area contributed by atoms with Crippen LogP contribution in [0.4, 0.5) is 10.2 Å². The summed E-state index contributed by atoms with van der Waals surface area (Å²) in [7, 11) is 2.07. The number of carbonyl (C=O) groups excluding carboxylic acids is 1. The highest BCUT2D eigenvalue weighted by Crippen LogP contribution is 2.36. The number of likely N-dealkylation sites (N-methyl/N-ethyl adjacent to an activating group) is 1. The standard InChI is InChI=1S/C31H35FN8O2/c1-3-26(41)40-14-13-39(18-21(40)10-11-33)30-25-17-35-28(24-16-34-15-20-7-4-5-9-23(20)24)27(32)29(25)36-31(37-30)42-19-22-8-6-12-38(22)2/h3,15-17,21-22H,1,4-10,12-14,18-19H2,2H3. The van der Waals surface area contributed by atoms with Crippen LogP contribution in [0.25, 0.3) is 22.2 Å². The van der Waals surface area contributed by atoms with Crippen molar-refractivity contribution in [3.05, 3.63) is 48.2 Å². The first-order valence-electron chi connectivity index (χ1n) is 14.7. The van der Waals surface area contributed by atoms with E-state index in [0.717, 1.165) is 56.2 Å². The van der Waals surface area contributed by atoms with Crippen LogP contribution in [-0.2, 0) is 17.6 Å². The number of fused-ring (bicyclic) bond motifs is 2. The summed E-state index contributed by atoms with van der Waals surface area (Å²) < 4.78 is 22.6. The molecular formula is C31H35FN8O2. The largest absolute Gasteiger partial charge is 0.462 e. The van der Waals surface area contributed by atoms with E-state index in [-0.39, 0.29) is 41.6 Å². The van der Waals surface area contributed by atoms with Crippen molar-refractivity contribution in [1.29, 1.82) is 5.26 Å². The third-order valence-corrected chi connectivity index (χ3v) is 8.81. The van der Waals surface area contributed by atoms with E-state index in [9.17, 15) is 10.1 Å². The smallest absolute Gasteiger partial charge is 0.319 e. The molecule has 0 N–H and O–H groups in total. The number of rotatable bonds is 7. The Kier molecular flexibility index (Phi) is 7.98. The molecule has 2 atom stereocenters. The quantitative estimate of drug-likeness (QED) is 0.393. The average molecular weight is 571 g/mol. The first-order valence-corrected chi connectivity index (χ1v) is 14.7. The van der Waals surface area contributed by atoms with Gasteiger partial charge in [0, 0.05) is 49.8 Å². The SMILES string of the molecule is C=CC(=O)N1CCN(c2nc(OCC3CCCN3C)nc3c(F)c(-c4cncc5c4CCCC5)ncc23)CC1CC#N. The second kappa shape index (κ2) is 12.0. The van der Waals surface area contributed by atoms with Crippen molar-refractivity contribution in [2.45, 2.75) is 57.0 Å². The van der Waals surface area contributed by atoms with E-state index in [1.54, 1.807) is 17.3 Å². The lowest BCUT2D eigenvalue weighted by Gasteiger charge is -2.41. The van der Waals surface area contributed by atoms with E-state index in [0.29, 0.717) is 43.0 Å². The minimum absolute atomic E-state index is 0.100. The number of pyridine rings is 2. The van der Waals surface area contributed by atoms with Crippen molar-refractivity contribution >= 4 is 22.6 Å². The van der Waals surface area contributed by atoms with Gasteiger partial charge in [-0.15, -0.1) is 0 Å². The molecule has 0 saturated carbocycles. The lowest BCUT2D eigenvalue weighted by molar-refractivity contribution is -0.128. The third kappa shape index (κ3) is 5.27. The molecule has 0 bridgehead atoms. The van der Waals surface area contributed by atoms with E-state index >= 15 is 4.39 Å². The highest BCUT2D eigenvalue weighted by molar-refractivity contribution is 5.92. The van der Waals surface area contributed by atoms with E-state index in [4.69, 9.17) is 9.72 Å². The highest BCUT2D eigenvalue weighted by atomic mass is 19.1. The van der Waals surface area contributed by atoms with Crippen LogP contribution in [0.3, 0.4) is 0 Å². The number of piperazine rings is 1. The molecule has 2 fully saturated rings. The summed E-state index contributed by atoms with van der Waals surface area (Å²) in [6.45, 7) is 6.18. The number of likely N-dealkylation sites (tertiary alicyclic amines) is 1. The second-order valence-electron chi connectivity index (χ2n) is 11.3. The number of nitriles is 1. The average Bonchev–Trinajstić information content (AvgIpc) is 3.44. The molecule has 3 aromatic rings. The summed E-state index contributed by atoms with van der Waals surface area (Å²) in [5.74, 6) is -0.271. The van der Waals surface area contributed by atoms with Crippen LogP contribution >= 0.6 is 0 Å². The molecule has 10 nitrogen and oxygen atoms in total. The maximum Gasteiger partial charge on any atom is 0.319 e. The van der Waals surface area contributed by atoms with Crippen LogP contribution in [0, 0.1) is 17.1 Å². The molecule has 5 heterocycles. The van der Waals surface area contributed by atoms with Gasteiger partial charge < -0.3 is 19.4 Å². The van der Waals surface area contributed by atoms with Crippen molar-refractivity contribution in [3.8, 4) is 23.3 Å². The number of nitrogens with zero attached hydrogens (tertiary/aromatic N) is 8. The van der Waals surface area contributed by atoms with Crippen molar-refractivity contribution in [3.63, 3.8) is 0 Å². The Hall–Kier alpha value is -4.17. The lowest BCUT2D eigenvalue weighted by Crippen LogP contribution is -2.55. The van der Waals surface area contributed by atoms with Gasteiger partial charge in [0.1, 0.15) is 23.6 Å². The van der Waals surface area contributed by atoms with E-state index < -0.39 is 5.82 Å². The highest BCUT2D eigenvalue weighted by Gasteiger charge is 2.32. The number of hydrogen-bond donors (Lipinski definition) is 0. The third-order valence-electron chi connectivity index (χ3n) is 8.81. The zero-order valence-corrected chi connectivity index (χ0v) is 23.9. The van der Waals surface area contributed by atoms with Crippen molar-refractivity contribution in [1.82, 2.24) is 29.7 Å². The van der Waals surface area contributed by atoms with Gasteiger partial charge in [-0.2, -0.15) is 15.2 Å². The van der Waals surface area contributed by atoms with Crippen molar-refractivity contribution in [2.24, 2.45) is 0 Å². The summed E-state index contributed by atoms with van der Waals surface area (Å²) >= 11 is 0. The fourth-order valence-corrected chi connectivity index (χ4v) is 6.47. The Morgan fingerprint density at radius 3 is 2.81 bits per heavy atom. The van der Waals surface area contributed by atoms with Crippen LogP contribution in [0.5, 0.6) is 6.01 Å². The molecule has 1 amide bonds. The molecule has 42 heavy (non-hydrogen) atoms. The number of ether oxygens (including phenoxy) is 1. The van der Waals surface area contributed by atoms with E-state index in [1.807, 2.05) is 11.1 Å². The van der Waals surface area contributed by atoms with Crippen LogP contribution in [0.2, 0.25) is 0 Å². The molecule has 0 radical (unpaired) electrons. The van der Waals surface area contributed by atoms with Gasteiger partial charge in [-0.05, 0) is 69.3 Å². The number of halogens is 1. The number of carbonyl (C=O) groups is 1. The van der Waals surface area contributed by atoms with Crippen molar-refractivity contribution in [2.75, 3.05) is 44.7 Å². The zero-order chi connectivity index (χ0) is 29.2. The number of amides is 1. The van der Waals surface area contributed by atoms with Crippen LogP contribution < -0.4 is 9.64 Å². The summed E-state index contributed by atoms with van der Waals surface area (Å²) in [5.41, 5.74) is 3.30. The fourth-order valence-electron chi connectivity index (χ4n) is 6.47. The minimum atomic E-state index is -0.534. The predicted octanol–water partition coefficient (Wildman–Crippen LogP) is 3.69. The Morgan fingerprint density at radius 2 is 2.02 bits per heavy atom. The van der Waals surface area contributed by atoms with Crippen molar-refractivity contribution < 1.29 is 13.9 Å². The van der Waals surface area contributed by atoms with Gasteiger partial charge in [0.15, 0.2) is 5.82 Å². The van der Waals surface area contributed by atoms with Crippen LogP contribution in [0.1, 0.15) is 43.2 Å². The normalized spacial score (nSPS) is 20.8. The molecule has 218 valence electrons. The Labute approximate surface area is 244 Å². The summed E-state index contributed by atoms with van der Waals surface area (Å²) in [6, 6.07) is 2.16. The molecule has 2 unspecified atom stereocenters. The first kappa shape index (κ1) is 28.0. The van der Waals surface area contributed by atoms with Gasteiger partial charge in [-0.25, -0.2) is 4.39 Å². The van der Waals surface area contributed by atoms with Gasteiger partial charge in [-0.3, -0.25) is 14.8 Å². The molecule has 0 aromatic carbocycles. The van der Waals surface area contributed by atoms with Gasteiger partial charge >= 0.3 is 6.01 Å². The van der Waals surface area contributed by atoms with E-state index in [2.05, 4.69) is 39.5 Å². The Morgan fingerprint density at radius 1 is 1.17 bits per heavy atom. The number of aromatic nitrogens is 4. The lowest BCUT2D eigenvalue weighted by atomic mass is 9.89. The van der Waals surface area contributed by atoms with Gasteiger partial charge in [0.2, 0.25) is 5.91 Å². The maximum atomic E-state index is 16.5. The second-order valence-corrected chi connectivity index (χ2v) is 11.3. The fraction of sp³-hybridized carbons (Fsp3) is 0.484. The number of aryl methyl sites for hydroxylation is 1. The molecule has 0 spiro atoms. The number of hydrogen-bond acceptors (Lipinski definition) is 9. The Bertz CT molecular complexity index is 1560. The molecule has 2 saturated heterocycles. The molecule has 3 aromatic heterocycles. The molecule has 1 aliphatic carbocycles. The van der Waals surface area contributed by atoms with Gasteiger partial charge in [0.05, 0.1) is 23.9 Å². The topological polar surface area (TPSA) is 111 Å². The molecule has 11 heteroatoms. The molecular weight excluding hydrogens is 535 g/mol.